The van der Waals surface area contributed by atoms with Gasteiger partial charge in [-0.3, -0.25) is 0 Å². The predicted molar refractivity (Wildman–Crippen MR) is 83.6 cm³/mol. The van der Waals surface area contributed by atoms with Gasteiger partial charge in [0.1, 0.15) is 19.0 Å². The minimum atomic E-state index is -0.223. The molecule has 1 N–H and O–H groups in total. The molecular weight excluding hydrogens is 337 g/mol. The van der Waals surface area contributed by atoms with Crippen LogP contribution in [0.25, 0.3) is 0 Å². The van der Waals surface area contributed by atoms with Crippen molar-refractivity contribution in [2.45, 2.75) is 13.5 Å². The van der Waals surface area contributed by atoms with Crippen LogP contribution in [0.5, 0.6) is 11.5 Å². The molecule has 1 heterocycles. The molecule has 21 heavy (non-hydrogen) atoms. The number of anilines is 1. The van der Waals surface area contributed by atoms with Gasteiger partial charge in [0.15, 0.2) is 11.5 Å². The van der Waals surface area contributed by atoms with Gasteiger partial charge in [-0.05, 0) is 46.1 Å². The van der Waals surface area contributed by atoms with Gasteiger partial charge < -0.3 is 14.8 Å². The second-order valence-corrected chi connectivity index (χ2v) is 5.75. The molecule has 0 radical (unpaired) electrons. The average Bonchev–Trinajstić information content (AvgIpc) is 2.48. The number of halogens is 2. The van der Waals surface area contributed by atoms with Crippen molar-refractivity contribution in [3.8, 4) is 11.5 Å². The molecule has 1 aliphatic rings. The molecule has 1 aliphatic heterocycles. The zero-order chi connectivity index (χ0) is 14.8. The van der Waals surface area contributed by atoms with Crippen molar-refractivity contribution in [3.63, 3.8) is 0 Å². The van der Waals surface area contributed by atoms with E-state index in [1.807, 2.05) is 19.1 Å². The number of benzene rings is 2. The molecule has 0 amide bonds. The van der Waals surface area contributed by atoms with Gasteiger partial charge >= 0.3 is 0 Å². The van der Waals surface area contributed by atoms with Crippen LogP contribution in [-0.2, 0) is 6.54 Å². The fourth-order valence-corrected chi connectivity index (χ4v) is 2.68. The summed E-state index contributed by atoms with van der Waals surface area (Å²) in [4.78, 5) is 0. The maximum absolute atomic E-state index is 13.3. The standard InChI is InChI=1S/C16H15BrFNO2/c1-10-2-3-12(18)6-11(10)9-19-14-8-16-15(7-13(14)17)20-4-5-21-16/h2-3,6-8,19H,4-5,9H2,1H3. The summed E-state index contributed by atoms with van der Waals surface area (Å²) in [6.07, 6.45) is 0. The highest BCUT2D eigenvalue weighted by molar-refractivity contribution is 9.10. The van der Waals surface area contributed by atoms with Crippen LogP contribution < -0.4 is 14.8 Å². The Labute approximate surface area is 131 Å². The van der Waals surface area contributed by atoms with E-state index < -0.39 is 0 Å². The normalized spacial score (nSPS) is 13.1. The largest absolute Gasteiger partial charge is 0.486 e. The molecule has 5 heteroatoms. The van der Waals surface area contributed by atoms with E-state index in [2.05, 4.69) is 21.2 Å². The summed E-state index contributed by atoms with van der Waals surface area (Å²) in [7, 11) is 0. The second-order valence-electron chi connectivity index (χ2n) is 4.90. The number of rotatable bonds is 3. The van der Waals surface area contributed by atoms with Gasteiger partial charge in [0.05, 0.1) is 5.69 Å². The summed E-state index contributed by atoms with van der Waals surface area (Å²) >= 11 is 3.51. The van der Waals surface area contributed by atoms with E-state index >= 15 is 0 Å². The van der Waals surface area contributed by atoms with E-state index in [1.54, 1.807) is 12.1 Å². The molecule has 2 aromatic rings. The Morgan fingerprint density at radius 1 is 1.14 bits per heavy atom. The zero-order valence-corrected chi connectivity index (χ0v) is 13.2. The first-order chi connectivity index (χ1) is 10.1. The second kappa shape index (κ2) is 5.93. The van der Waals surface area contributed by atoms with Crippen molar-refractivity contribution in [3.05, 3.63) is 51.7 Å². The molecule has 0 bridgehead atoms. The van der Waals surface area contributed by atoms with Gasteiger partial charge in [0, 0.05) is 23.2 Å². The van der Waals surface area contributed by atoms with Crippen molar-refractivity contribution in [1.82, 2.24) is 0 Å². The Bertz CT molecular complexity index is 676. The Balaban J connectivity index is 1.80. The molecule has 0 atom stereocenters. The maximum atomic E-state index is 13.3. The lowest BCUT2D eigenvalue weighted by Gasteiger charge is -2.20. The fraction of sp³-hybridized carbons (Fsp3) is 0.250. The highest BCUT2D eigenvalue weighted by atomic mass is 79.9. The van der Waals surface area contributed by atoms with Crippen LogP contribution in [0.1, 0.15) is 11.1 Å². The van der Waals surface area contributed by atoms with E-state index in [-0.39, 0.29) is 5.82 Å². The van der Waals surface area contributed by atoms with Gasteiger partial charge in [-0.15, -0.1) is 0 Å². The van der Waals surface area contributed by atoms with E-state index in [9.17, 15) is 4.39 Å². The van der Waals surface area contributed by atoms with Gasteiger partial charge in [0.2, 0.25) is 0 Å². The summed E-state index contributed by atoms with van der Waals surface area (Å²) < 4.78 is 25.3. The topological polar surface area (TPSA) is 30.5 Å². The first-order valence-electron chi connectivity index (χ1n) is 6.71. The van der Waals surface area contributed by atoms with Crippen LogP contribution in [0.15, 0.2) is 34.8 Å². The summed E-state index contributed by atoms with van der Waals surface area (Å²) in [5, 5.41) is 3.30. The van der Waals surface area contributed by atoms with Crippen molar-refractivity contribution < 1.29 is 13.9 Å². The molecule has 2 aromatic carbocycles. The molecule has 110 valence electrons. The van der Waals surface area contributed by atoms with Gasteiger partial charge in [0.25, 0.3) is 0 Å². The fourth-order valence-electron chi connectivity index (χ4n) is 2.22. The summed E-state index contributed by atoms with van der Waals surface area (Å²) in [5.41, 5.74) is 2.87. The van der Waals surface area contributed by atoms with Crippen molar-refractivity contribution in [2.24, 2.45) is 0 Å². The third-order valence-electron chi connectivity index (χ3n) is 3.41. The lowest BCUT2D eigenvalue weighted by Crippen LogP contribution is -2.15. The quantitative estimate of drug-likeness (QED) is 0.895. The van der Waals surface area contributed by atoms with Crippen molar-refractivity contribution >= 4 is 21.6 Å². The molecule has 0 saturated heterocycles. The van der Waals surface area contributed by atoms with Crippen molar-refractivity contribution in [1.29, 1.82) is 0 Å². The lowest BCUT2D eigenvalue weighted by molar-refractivity contribution is 0.171. The van der Waals surface area contributed by atoms with Crippen LogP contribution in [0.3, 0.4) is 0 Å². The van der Waals surface area contributed by atoms with Crippen LogP contribution in [0.2, 0.25) is 0 Å². The van der Waals surface area contributed by atoms with Crippen LogP contribution in [0, 0.1) is 12.7 Å². The Morgan fingerprint density at radius 2 is 1.86 bits per heavy atom. The SMILES string of the molecule is Cc1ccc(F)cc1CNc1cc2c(cc1Br)OCCO2. The number of fused-ring (bicyclic) bond motifs is 1. The predicted octanol–water partition coefficient (Wildman–Crippen LogP) is 4.28. The molecule has 0 unspecified atom stereocenters. The van der Waals surface area contributed by atoms with E-state index in [0.29, 0.717) is 19.8 Å². The monoisotopic (exact) mass is 351 g/mol. The van der Waals surface area contributed by atoms with Gasteiger partial charge in [-0.2, -0.15) is 0 Å². The highest BCUT2D eigenvalue weighted by Crippen LogP contribution is 2.38. The molecule has 3 rings (SSSR count). The molecule has 0 fully saturated rings. The first kappa shape index (κ1) is 14.2. The number of nitrogens with one attached hydrogen (secondary N) is 1. The number of hydrogen-bond donors (Lipinski definition) is 1. The highest BCUT2D eigenvalue weighted by Gasteiger charge is 2.14. The van der Waals surface area contributed by atoms with E-state index in [4.69, 9.17) is 9.47 Å². The van der Waals surface area contributed by atoms with E-state index in [0.717, 1.165) is 32.8 Å². The first-order valence-corrected chi connectivity index (χ1v) is 7.51. The molecular formula is C16H15BrFNO2. The number of hydrogen-bond acceptors (Lipinski definition) is 3. The third-order valence-corrected chi connectivity index (χ3v) is 4.07. The van der Waals surface area contributed by atoms with Gasteiger partial charge in [-0.1, -0.05) is 6.07 Å². The molecule has 0 aliphatic carbocycles. The third kappa shape index (κ3) is 3.13. The summed E-state index contributed by atoms with van der Waals surface area (Å²) in [5.74, 6) is 1.24. The Hall–Kier alpha value is -1.75. The van der Waals surface area contributed by atoms with Crippen LogP contribution >= 0.6 is 15.9 Å². The number of ether oxygens (including phenoxy) is 2. The minimum absolute atomic E-state index is 0.223. The van der Waals surface area contributed by atoms with Gasteiger partial charge in [-0.25, -0.2) is 4.39 Å². The smallest absolute Gasteiger partial charge is 0.163 e. The van der Waals surface area contributed by atoms with Crippen LogP contribution in [-0.4, -0.2) is 13.2 Å². The summed E-state index contributed by atoms with van der Waals surface area (Å²) in [6, 6.07) is 8.58. The molecule has 0 saturated carbocycles. The Morgan fingerprint density at radius 3 is 2.62 bits per heavy atom. The zero-order valence-electron chi connectivity index (χ0n) is 11.6. The van der Waals surface area contributed by atoms with E-state index in [1.165, 1.54) is 6.07 Å². The number of aryl methyl sites for hydroxylation is 1. The summed E-state index contributed by atoms with van der Waals surface area (Å²) in [6.45, 7) is 3.63. The average molecular weight is 352 g/mol. The minimum Gasteiger partial charge on any atom is -0.486 e. The molecule has 0 spiro atoms. The van der Waals surface area contributed by atoms with Crippen LogP contribution in [0.4, 0.5) is 10.1 Å². The van der Waals surface area contributed by atoms with Crippen molar-refractivity contribution in [2.75, 3.05) is 18.5 Å². The molecule has 0 aromatic heterocycles. The molecule has 3 nitrogen and oxygen atoms in total. The maximum Gasteiger partial charge on any atom is 0.163 e. The lowest BCUT2D eigenvalue weighted by atomic mass is 10.1. The Kier molecular flexibility index (Phi) is 4.01.